The molecule has 0 heterocycles. The molecule has 2 unspecified atom stereocenters. The third kappa shape index (κ3) is 2.75. The average molecular weight is 212 g/mol. The van der Waals surface area contributed by atoms with Gasteiger partial charge in [-0.05, 0) is 26.0 Å². The van der Waals surface area contributed by atoms with E-state index < -0.39 is 11.9 Å². The summed E-state index contributed by atoms with van der Waals surface area (Å²) in [6.45, 7) is 3.63. The number of carbonyl (C=O) groups excluding carboxylic acids is 1. The summed E-state index contributed by atoms with van der Waals surface area (Å²) in [6.07, 6.45) is 4.40. The minimum Gasteiger partial charge on any atom is -0.371 e. The number of allylic oxidation sites excluding steroid dienone is 2. The molecule has 0 amide bonds. The number of hydrogen-bond donors (Lipinski definition) is 1. The van der Waals surface area contributed by atoms with Gasteiger partial charge in [-0.2, -0.15) is 0 Å². The van der Waals surface area contributed by atoms with Gasteiger partial charge in [0.25, 0.3) is 0 Å². The number of carbonyl (C=O) groups is 1. The quantitative estimate of drug-likeness (QED) is 0.553. The molecule has 0 radical (unpaired) electrons. The van der Waals surface area contributed by atoms with Crippen molar-refractivity contribution in [2.24, 2.45) is 0 Å². The third-order valence-electron chi connectivity index (χ3n) is 2.08. The molecule has 2 atom stereocenters. The third-order valence-corrected chi connectivity index (χ3v) is 2.08. The van der Waals surface area contributed by atoms with Gasteiger partial charge < -0.3 is 14.6 Å². The molecule has 0 saturated carbocycles. The van der Waals surface area contributed by atoms with Gasteiger partial charge in [0.05, 0.1) is 6.10 Å². The van der Waals surface area contributed by atoms with Crippen molar-refractivity contribution in [2.75, 3.05) is 7.11 Å². The second-order valence-corrected chi connectivity index (χ2v) is 3.69. The Hall–Kier alpha value is -0.970. The highest BCUT2D eigenvalue weighted by molar-refractivity contribution is 5.78. The van der Waals surface area contributed by atoms with Gasteiger partial charge in [0.2, 0.25) is 5.79 Å². The van der Waals surface area contributed by atoms with Crippen LogP contribution in [0.25, 0.3) is 0 Å². The monoisotopic (exact) mass is 212 g/mol. The normalized spacial score (nSPS) is 30.5. The molecule has 1 rings (SSSR count). The lowest BCUT2D eigenvalue weighted by atomic mass is 9.99. The van der Waals surface area contributed by atoms with Gasteiger partial charge in [-0.15, -0.1) is 0 Å². The van der Waals surface area contributed by atoms with Crippen molar-refractivity contribution in [3.63, 3.8) is 0 Å². The number of methoxy groups -OCH3 is 1. The molecule has 0 aromatic heterocycles. The van der Waals surface area contributed by atoms with Crippen LogP contribution >= 0.6 is 0 Å². The summed E-state index contributed by atoms with van der Waals surface area (Å²) in [7, 11) is 1.46. The standard InChI is InChI=1S/C11H16O4/c1-8(2)15-11(13)5-4-9(7-12)6-10(11)14-3/h4-8,10,13H,1-3H3. The molecule has 4 nitrogen and oxygen atoms in total. The Bertz CT molecular complexity index is 293. The van der Waals surface area contributed by atoms with Crippen LogP contribution in [-0.4, -0.2) is 36.5 Å². The first-order valence-corrected chi connectivity index (χ1v) is 4.81. The molecule has 0 spiro atoms. The van der Waals surface area contributed by atoms with Gasteiger partial charge in [-0.3, -0.25) is 4.79 Å². The summed E-state index contributed by atoms with van der Waals surface area (Å²) in [5.41, 5.74) is 0.471. The zero-order chi connectivity index (χ0) is 11.5. The fourth-order valence-corrected chi connectivity index (χ4v) is 1.46. The molecule has 4 heteroatoms. The topological polar surface area (TPSA) is 55.8 Å². The van der Waals surface area contributed by atoms with Crippen molar-refractivity contribution in [2.45, 2.75) is 31.8 Å². The van der Waals surface area contributed by atoms with Gasteiger partial charge in [0.15, 0.2) is 0 Å². The lowest BCUT2D eigenvalue weighted by Gasteiger charge is -2.34. The Morgan fingerprint density at radius 1 is 1.60 bits per heavy atom. The minimum atomic E-state index is -1.49. The van der Waals surface area contributed by atoms with E-state index in [0.29, 0.717) is 11.9 Å². The zero-order valence-corrected chi connectivity index (χ0v) is 9.14. The van der Waals surface area contributed by atoms with Crippen molar-refractivity contribution < 1.29 is 19.4 Å². The summed E-state index contributed by atoms with van der Waals surface area (Å²) in [4.78, 5) is 10.6. The number of aldehydes is 1. The van der Waals surface area contributed by atoms with E-state index in [1.807, 2.05) is 13.8 Å². The van der Waals surface area contributed by atoms with Gasteiger partial charge in [0.1, 0.15) is 12.4 Å². The molecule has 84 valence electrons. The fourth-order valence-electron chi connectivity index (χ4n) is 1.46. The highest BCUT2D eigenvalue weighted by Crippen LogP contribution is 2.25. The number of aliphatic hydroxyl groups is 1. The Morgan fingerprint density at radius 2 is 2.27 bits per heavy atom. The molecular weight excluding hydrogens is 196 g/mol. The number of hydrogen-bond acceptors (Lipinski definition) is 4. The minimum absolute atomic E-state index is 0.136. The summed E-state index contributed by atoms with van der Waals surface area (Å²) in [6, 6.07) is 0. The van der Waals surface area contributed by atoms with E-state index in [2.05, 4.69) is 0 Å². The van der Waals surface area contributed by atoms with Crippen LogP contribution < -0.4 is 0 Å². The highest BCUT2D eigenvalue weighted by Gasteiger charge is 2.37. The second-order valence-electron chi connectivity index (χ2n) is 3.69. The van der Waals surface area contributed by atoms with Crippen LogP contribution in [0.5, 0.6) is 0 Å². The maximum absolute atomic E-state index is 10.6. The Kier molecular flexibility index (Phi) is 3.79. The molecule has 1 N–H and O–H groups in total. The maximum Gasteiger partial charge on any atom is 0.216 e. The van der Waals surface area contributed by atoms with E-state index in [1.54, 1.807) is 0 Å². The first-order chi connectivity index (χ1) is 7.01. The van der Waals surface area contributed by atoms with Crippen molar-refractivity contribution in [3.8, 4) is 0 Å². The largest absolute Gasteiger partial charge is 0.371 e. The Labute approximate surface area is 89.2 Å². The van der Waals surface area contributed by atoms with E-state index in [-0.39, 0.29) is 6.10 Å². The molecule has 0 aromatic rings. The molecule has 1 aliphatic rings. The first kappa shape index (κ1) is 12.1. The first-order valence-electron chi connectivity index (χ1n) is 4.81. The average Bonchev–Trinajstić information content (AvgIpc) is 2.17. The summed E-state index contributed by atoms with van der Waals surface area (Å²) >= 11 is 0. The molecule has 0 saturated heterocycles. The van der Waals surface area contributed by atoms with Crippen LogP contribution in [0.1, 0.15) is 13.8 Å². The Balaban J connectivity index is 2.88. The van der Waals surface area contributed by atoms with Crippen molar-refractivity contribution >= 4 is 6.29 Å². The molecule has 0 aliphatic heterocycles. The van der Waals surface area contributed by atoms with Crippen LogP contribution in [0.4, 0.5) is 0 Å². The zero-order valence-electron chi connectivity index (χ0n) is 9.14. The smallest absolute Gasteiger partial charge is 0.216 e. The van der Waals surface area contributed by atoms with Crippen LogP contribution in [-0.2, 0) is 14.3 Å². The lowest BCUT2D eigenvalue weighted by molar-refractivity contribution is -0.235. The predicted octanol–water partition coefficient (Wildman–Crippen LogP) is 0.810. The second kappa shape index (κ2) is 4.70. The van der Waals surface area contributed by atoms with Crippen LogP contribution in [0.2, 0.25) is 0 Å². The molecule has 15 heavy (non-hydrogen) atoms. The lowest BCUT2D eigenvalue weighted by Crippen LogP contribution is -2.46. The van der Waals surface area contributed by atoms with E-state index >= 15 is 0 Å². The van der Waals surface area contributed by atoms with E-state index in [1.165, 1.54) is 25.3 Å². The van der Waals surface area contributed by atoms with Crippen molar-refractivity contribution in [1.29, 1.82) is 0 Å². The molecule has 0 bridgehead atoms. The van der Waals surface area contributed by atoms with Crippen molar-refractivity contribution in [1.82, 2.24) is 0 Å². The Morgan fingerprint density at radius 3 is 2.73 bits per heavy atom. The fraction of sp³-hybridized carbons (Fsp3) is 0.545. The summed E-state index contributed by atoms with van der Waals surface area (Å²) < 4.78 is 10.4. The number of ether oxygens (including phenoxy) is 2. The summed E-state index contributed by atoms with van der Waals surface area (Å²) in [5, 5.41) is 10.1. The molecule has 0 fully saturated rings. The van der Waals surface area contributed by atoms with E-state index in [0.717, 1.165) is 0 Å². The summed E-state index contributed by atoms with van der Waals surface area (Å²) in [5.74, 6) is -1.49. The molecule has 0 aromatic carbocycles. The van der Waals surface area contributed by atoms with E-state index in [9.17, 15) is 9.90 Å². The molecular formula is C11H16O4. The SMILES string of the molecule is COC1C=C(C=O)C=CC1(O)OC(C)C. The van der Waals surface area contributed by atoms with Crippen LogP contribution in [0.3, 0.4) is 0 Å². The predicted molar refractivity (Wildman–Crippen MR) is 55.3 cm³/mol. The van der Waals surface area contributed by atoms with E-state index in [4.69, 9.17) is 9.47 Å². The number of rotatable bonds is 4. The van der Waals surface area contributed by atoms with Gasteiger partial charge in [-0.1, -0.05) is 6.08 Å². The maximum atomic E-state index is 10.6. The molecule has 1 aliphatic carbocycles. The van der Waals surface area contributed by atoms with Gasteiger partial charge >= 0.3 is 0 Å². The highest BCUT2D eigenvalue weighted by atomic mass is 16.7. The van der Waals surface area contributed by atoms with Gasteiger partial charge in [0, 0.05) is 12.7 Å². The van der Waals surface area contributed by atoms with Crippen LogP contribution in [0.15, 0.2) is 23.8 Å². The van der Waals surface area contributed by atoms with Gasteiger partial charge in [-0.25, -0.2) is 0 Å². The van der Waals surface area contributed by atoms with Crippen LogP contribution in [0, 0.1) is 0 Å². The van der Waals surface area contributed by atoms with Crippen molar-refractivity contribution in [3.05, 3.63) is 23.8 Å².